The Morgan fingerprint density at radius 1 is 1.23 bits per heavy atom. The van der Waals surface area contributed by atoms with E-state index in [1.165, 1.54) is 6.07 Å². The number of nitrogens with one attached hydrogen (secondary N) is 1. The van der Waals surface area contributed by atoms with Crippen LogP contribution in [-0.4, -0.2) is 13.1 Å². The first-order valence-electron chi connectivity index (χ1n) is 4.13. The van der Waals surface area contributed by atoms with Crippen LogP contribution < -0.4 is 11.1 Å². The monoisotopic (exact) mass is 184 g/mol. The molecule has 1 aliphatic heterocycles. The molecule has 70 valence electrons. The number of rotatable bonds is 1. The Bertz CT molecular complexity index is 335. The van der Waals surface area contributed by atoms with Crippen LogP contribution in [0.25, 0.3) is 0 Å². The Hall–Kier alpha value is -1.16. The smallest absolute Gasteiger partial charge is 0.160 e. The Morgan fingerprint density at radius 2 is 1.85 bits per heavy atom. The van der Waals surface area contributed by atoms with Gasteiger partial charge >= 0.3 is 0 Å². The molecule has 1 fully saturated rings. The van der Waals surface area contributed by atoms with E-state index in [0.29, 0.717) is 11.3 Å². The Morgan fingerprint density at radius 3 is 2.38 bits per heavy atom. The molecule has 0 amide bonds. The van der Waals surface area contributed by atoms with Gasteiger partial charge in [-0.3, -0.25) is 0 Å². The predicted octanol–water partition coefficient (Wildman–Crippen LogP) is 1.23. The first-order chi connectivity index (χ1) is 6.18. The Balaban J connectivity index is 2.39. The topological polar surface area (TPSA) is 38.0 Å². The summed E-state index contributed by atoms with van der Waals surface area (Å²) >= 11 is 0. The maximum atomic E-state index is 12.8. The lowest BCUT2D eigenvalue weighted by Gasteiger charge is -2.28. The van der Waals surface area contributed by atoms with Gasteiger partial charge in [0, 0.05) is 30.8 Å². The molecule has 3 N–H and O–H groups in total. The van der Waals surface area contributed by atoms with Crippen molar-refractivity contribution >= 4 is 5.69 Å². The molecule has 1 aliphatic rings. The van der Waals surface area contributed by atoms with Gasteiger partial charge in [0.15, 0.2) is 11.6 Å². The second-order valence-corrected chi connectivity index (χ2v) is 3.25. The average Bonchev–Trinajstić information content (AvgIpc) is 1.96. The van der Waals surface area contributed by atoms with Crippen LogP contribution in [0.4, 0.5) is 14.5 Å². The fourth-order valence-electron chi connectivity index (χ4n) is 1.44. The van der Waals surface area contributed by atoms with Crippen molar-refractivity contribution in [2.45, 2.75) is 5.92 Å². The number of halogens is 2. The molecule has 0 aromatic heterocycles. The maximum Gasteiger partial charge on any atom is 0.160 e. The van der Waals surface area contributed by atoms with Crippen molar-refractivity contribution in [1.82, 2.24) is 5.32 Å². The fourth-order valence-corrected chi connectivity index (χ4v) is 1.44. The van der Waals surface area contributed by atoms with E-state index >= 15 is 0 Å². The van der Waals surface area contributed by atoms with Gasteiger partial charge in [-0.05, 0) is 11.6 Å². The van der Waals surface area contributed by atoms with Crippen molar-refractivity contribution in [3.05, 3.63) is 29.3 Å². The van der Waals surface area contributed by atoms with Gasteiger partial charge in [-0.15, -0.1) is 0 Å². The SMILES string of the molecule is Nc1cc(F)c(F)cc1C1CNC1. The Labute approximate surface area is 74.7 Å². The third kappa shape index (κ3) is 1.37. The van der Waals surface area contributed by atoms with Crippen LogP contribution >= 0.6 is 0 Å². The van der Waals surface area contributed by atoms with Gasteiger partial charge in [0.1, 0.15) is 0 Å². The van der Waals surface area contributed by atoms with Crippen LogP contribution in [0.15, 0.2) is 12.1 Å². The van der Waals surface area contributed by atoms with Crippen LogP contribution in [-0.2, 0) is 0 Å². The summed E-state index contributed by atoms with van der Waals surface area (Å²) in [5.41, 5.74) is 6.61. The highest BCUT2D eigenvalue weighted by Crippen LogP contribution is 2.27. The molecule has 2 nitrogen and oxygen atoms in total. The third-order valence-electron chi connectivity index (χ3n) is 2.35. The zero-order chi connectivity index (χ0) is 9.42. The normalized spacial score (nSPS) is 17.1. The van der Waals surface area contributed by atoms with Crippen molar-refractivity contribution in [3.8, 4) is 0 Å². The van der Waals surface area contributed by atoms with E-state index in [9.17, 15) is 8.78 Å². The lowest BCUT2D eigenvalue weighted by Crippen LogP contribution is -2.40. The van der Waals surface area contributed by atoms with Crippen molar-refractivity contribution in [2.24, 2.45) is 0 Å². The average molecular weight is 184 g/mol. The number of hydrogen-bond acceptors (Lipinski definition) is 2. The van der Waals surface area contributed by atoms with Gasteiger partial charge in [-0.25, -0.2) is 8.78 Å². The van der Waals surface area contributed by atoms with Crippen molar-refractivity contribution in [2.75, 3.05) is 18.8 Å². The summed E-state index contributed by atoms with van der Waals surface area (Å²) in [7, 11) is 0. The van der Waals surface area contributed by atoms with E-state index in [2.05, 4.69) is 5.32 Å². The van der Waals surface area contributed by atoms with Gasteiger partial charge in [0.2, 0.25) is 0 Å². The Kier molecular flexibility index (Phi) is 1.92. The number of nitrogens with two attached hydrogens (primary N) is 1. The molecule has 13 heavy (non-hydrogen) atoms. The molecule has 1 heterocycles. The standard InChI is InChI=1S/C9H10F2N2/c10-7-1-6(5-3-13-4-5)9(12)2-8(7)11/h1-2,5,13H,3-4,12H2. The molecule has 0 spiro atoms. The minimum absolute atomic E-state index is 0.232. The molecular weight excluding hydrogens is 174 g/mol. The summed E-state index contributed by atoms with van der Waals surface area (Å²) in [4.78, 5) is 0. The van der Waals surface area contributed by atoms with E-state index in [1.807, 2.05) is 0 Å². The van der Waals surface area contributed by atoms with E-state index in [1.54, 1.807) is 0 Å². The van der Waals surface area contributed by atoms with Crippen LogP contribution in [0.3, 0.4) is 0 Å². The van der Waals surface area contributed by atoms with Crippen molar-refractivity contribution < 1.29 is 8.78 Å². The maximum absolute atomic E-state index is 12.8. The van der Waals surface area contributed by atoms with E-state index in [0.717, 1.165) is 19.2 Å². The summed E-state index contributed by atoms with van der Waals surface area (Å²) in [6.45, 7) is 1.57. The predicted molar refractivity (Wildman–Crippen MR) is 46.4 cm³/mol. The van der Waals surface area contributed by atoms with Gasteiger partial charge in [0.05, 0.1) is 0 Å². The van der Waals surface area contributed by atoms with Crippen LogP contribution in [0.5, 0.6) is 0 Å². The third-order valence-corrected chi connectivity index (χ3v) is 2.35. The zero-order valence-electron chi connectivity index (χ0n) is 6.98. The molecule has 4 heteroatoms. The number of benzene rings is 1. The molecule has 0 unspecified atom stereocenters. The summed E-state index contributed by atoms with van der Waals surface area (Å²) in [6, 6.07) is 2.24. The van der Waals surface area contributed by atoms with Gasteiger partial charge in [-0.1, -0.05) is 0 Å². The van der Waals surface area contributed by atoms with Crippen LogP contribution in [0.2, 0.25) is 0 Å². The van der Waals surface area contributed by atoms with Gasteiger partial charge in [-0.2, -0.15) is 0 Å². The highest BCUT2D eigenvalue weighted by Gasteiger charge is 2.22. The minimum atomic E-state index is -0.881. The molecule has 0 atom stereocenters. The van der Waals surface area contributed by atoms with Crippen LogP contribution in [0.1, 0.15) is 11.5 Å². The summed E-state index contributed by atoms with van der Waals surface area (Å²) in [6.07, 6.45) is 0. The molecule has 1 saturated heterocycles. The highest BCUT2D eigenvalue weighted by atomic mass is 19.2. The molecule has 0 saturated carbocycles. The van der Waals surface area contributed by atoms with E-state index in [-0.39, 0.29) is 5.92 Å². The number of hydrogen-bond donors (Lipinski definition) is 2. The van der Waals surface area contributed by atoms with Crippen LogP contribution in [0, 0.1) is 11.6 Å². The fraction of sp³-hybridized carbons (Fsp3) is 0.333. The van der Waals surface area contributed by atoms with E-state index in [4.69, 9.17) is 5.73 Å². The van der Waals surface area contributed by atoms with E-state index < -0.39 is 11.6 Å². The first-order valence-corrected chi connectivity index (χ1v) is 4.13. The first kappa shape index (κ1) is 8.44. The molecular formula is C9H10F2N2. The van der Waals surface area contributed by atoms with Gasteiger partial charge in [0.25, 0.3) is 0 Å². The summed E-state index contributed by atoms with van der Waals surface area (Å²) < 4.78 is 25.5. The lowest BCUT2D eigenvalue weighted by molar-refractivity contribution is 0.443. The quantitative estimate of drug-likeness (QED) is 0.644. The second-order valence-electron chi connectivity index (χ2n) is 3.25. The summed E-state index contributed by atoms with van der Waals surface area (Å²) in [5, 5.41) is 3.05. The molecule has 2 rings (SSSR count). The number of anilines is 1. The van der Waals surface area contributed by atoms with Crippen molar-refractivity contribution in [3.63, 3.8) is 0 Å². The lowest BCUT2D eigenvalue weighted by atomic mass is 9.92. The number of nitrogen functional groups attached to an aromatic ring is 1. The highest BCUT2D eigenvalue weighted by molar-refractivity contribution is 5.50. The zero-order valence-corrected chi connectivity index (χ0v) is 6.98. The largest absolute Gasteiger partial charge is 0.398 e. The minimum Gasteiger partial charge on any atom is -0.398 e. The molecule has 0 bridgehead atoms. The van der Waals surface area contributed by atoms with Gasteiger partial charge < -0.3 is 11.1 Å². The summed E-state index contributed by atoms with van der Waals surface area (Å²) in [5.74, 6) is -1.47. The molecule has 0 radical (unpaired) electrons. The molecule has 1 aromatic rings. The second kappa shape index (κ2) is 2.96. The van der Waals surface area contributed by atoms with Crippen molar-refractivity contribution in [1.29, 1.82) is 0 Å². The molecule has 0 aliphatic carbocycles. The molecule has 1 aromatic carbocycles.